The van der Waals surface area contributed by atoms with Gasteiger partial charge in [-0.25, -0.2) is 18.4 Å². The summed E-state index contributed by atoms with van der Waals surface area (Å²) in [7, 11) is -4.04. The molecule has 0 spiro atoms. The summed E-state index contributed by atoms with van der Waals surface area (Å²) >= 11 is 0. The maximum absolute atomic E-state index is 13.1. The molecule has 0 unspecified atom stereocenters. The zero-order chi connectivity index (χ0) is 25.3. The monoisotopic (exact) mass is 510 g/mol. The molecule has 1 fully saturated rings. The molecule has 4 aromatic rings. The molecule has 1 aliphatic heterocycles. The summed E-state index contributed by atoms with van der Waals surface area (Å²) in [4.78, 5) is 21.0. The number of hydrogen-bond acceptors (Lipinski definition) is 10. The number of nitro benzene ring substituents is 1. The zero-order valence-corrected chi connectivity index (χ0v) is 20.1. The highest BCUT2D eigenvalue weighted by atomic mass is 32.2. The van der Waals surface area contributed by atoms with E-state index < -0.39 is 20.6 Å². The van der Waals surface area contributed by atoms with Crippen molar-refractivity contribution >= 4 is 32.7 Å². The fourth-order valence-electron chi connectivity index (χ4n) is 4.10. The predicted molar refractivity (Wildman–Crippen MR) is 130 cm³/mol. The lowest BCUT2D eigenvalue weighted by Crippen LogP contribution is -2.49. The van der Waals surface area contributed by atoms with E-state index in [1.165, 1.54) is 34.9 Å². The van der Waals surface area contributed by atoms with Gasteiger partial charge in [0.05, 0.1) is 17.2 Å². The average molecular weight is 511 g/mol. The Morgan fingerprint density at radius 3 is 2.44 bits per heavy atom. The molecule has 186 valence electrons. The third-order valence-corrected chi connectivity index (χ3v) is 7.77. The van der Waals surface area contributed by atoms with E-state index in [0.717, 1.165) is 11.4 Å². The second-order valence-electron chi connectivity index (χ2n) is 7.91. The van der Waals surface area contributed by atoms with Gasteiger partial charge >= 0.3 is 0 Å². The van der Waals surface area contributed by atoms with E-state index in [4.69, 9.17) is 4.74 Å². The van der Waals surface area contributed by atoms with Crippen molar-refractivity contribution in [3.63, 3.8) is 0 Å². The smallest absolute Gasteiger partial charge is 0.289 e. The first kappa shape index (κ1) is 23.6. The zero-order valence-electron chi connectivity index (χ0n) is 19.3. The average Bonchev–Trinajstić information content (AvgIpc) is 3.34. The number of benzene rings is 2. The fourth-order valence-corrected chi connectivity index (χ4v) is 5.68. The summed E-state index contributed by atoms with van der Waals surface area (Å²) in [5, 5.41) is 19.9. The van der Waals surface area contributed by atoms with Gasteiger partial charge in [-0.05, 0) is 37.3 Å². The van der Waals surface area contributed by atoms with Gasteiger partial charge in [-0.3, -0.25) is 10.1 Å². The molecule has 0 radical (unpaired) electrons. The summed E-state index contributed by atoms with van der Waals surface area (Å²) in [5.41, 5.74) is 1.31. The van der Waals surface area contributed by atoms with Crippen molar-refractivity contribution in [2.75, 3.05) is 37.7 Å². The van der Waals surface area contributed by atoms with Gasteiger partial charge in [-0.2, -0.15) is 8.99 Å². The highest BCUT2D eigenvalue weighted by molar-refractivity contribution is 7.89. The second kappa shape index (κ2) is 9.47. The van der Waals surface area contributed by atoms with Crippen LogP contribution in [0.1, 0.15) is 6.92 Å². The van der Waals surface area contributed by atoms with Gasteiger partial charge in [0.1, 0.15) is 12.1 Å². The highest BCUT2D eigenvalue weighted by Crippen LogP contribution is 2.29. The Kier molecular flexibility index (Phi) is 6.20. The molecule has 2 aromatic heterocycles. The van der Waals surface area contributed by atoms with Gasteiger partial charge < -0.3 is 9.64 Å². The van der Waals surface area contributed by atoms with Gasteiger partial charge in [0.25, 0.3) is 5.69 Å². The molecular formula is C22H22N8O5S. The van der Waals surface area contributed by atoms with Gasteiger partial charge in [0.15, 0.2) is 21.9 Å². The normalized spacial score (nSPS) is 14.8. The molecule has 1 saturated heterocycles. The Bertz CT molecular complexity index is 1520. The van der Waals surface area contributed by atoms with Crippen molar-refractivity contribution in [3.8, 4) is 11.4 Å². The van der Waals surface area contributed by atoms with Crippen LogP contribution in [0.3, 0.4) is 0 Å². The van der Waals surface area contributed by atoms with E-state index in [1.807, 2.05) is 36.1 Å². The van der Waals surface area contributed by atoms with Gasteiger partial charge in [0.2, 0.25) is 10.0 Å². The van der Waals surface area contributed by atoms with Gasteiger partial charge in [0, 0.05) is 32.2 Å². The Balaban J connectivity index is 1.37. The van der Waals surface area contributed by atoms with Crippen molar-refractivity contribution in [2.45, 2.75) is 11.8 Å². The molecule has 0 saturated carbocycles. The second-order valence-corrected chi connectivity index (χ2v) is 9.82. The lowest BCUT2D eigenvalue weighted by Gasteiger charge is -2.34. The molecule has 0 amide bonds. The Morgan fingerprint density at radius 1 is 1.03 bits per heavy atom. The minimum atomic E-state index is -4.04. The summed E-state index contributed by atoms with van der Waals surface area (Å²) in [6.45, 7) is 3.39. The third kappa shape index (κ3) is 4.20. The molecule has 0 aliphatic carbocycles. The quantitative estimate of drug-likeness (QED) is 0.267. The number of anilines is 1. The molecule has 1 aliphatic rings. The third-order valence-electron chi connectivity index (χ3n) is 5.83. The maximum atomic E-state index is 13.1. The SMILES string of the molecule is CCOc1ccc(-n2nnc3c(N4CCN(S(=O)(=O)c5ccccc5[N+](=O)[O-])CC4)ncnc32)cc1. The minimum absolute atomic E-state index is 0.132. The number of nitrogens with zero attached hydrogens (tertiary/aromatic N) is 8. The Morgan fingerprint density at radius 2 is 1.75 bits per heavy atom. The number of nitro groups is 1. The number of ether oxygens (including phenoxy) is 1. The van der Waals surface area contributed by atoms with Crippen LogP contribution in [0, 0.1) is 10.1 Å². The van der Waals surface area contributed by atoms with Crippen LogP contribution in [0.2, 0.25) is 0 Å². The largest absolute Gasteiger partial charge is 0.494 e. The van der Waals surface area contributed by atoms with Crippen molar-refractivity contribution in [2.24, 2.45) is 0 Å². The Labute approximate surface area is 206 Å². The highest BCUT2D eigenvalue weighted by Gasteiger charge is 2.34. The van der Waals surface area contributed by atoms with Crippen LogP contribution < -0.4 is 9.64 Å². The minimum Gasteiger partial charge on any atom is -0.494 e. The first-order valence-electron chi connectivity index (χ1n) is 11.2. The van der Waals surface area contributed by atoms with Crippen LogP contribution in [0.15, 0.2) is 59.8 Å². The number of aromatic nitrogens is 5. The van der Waals surface area contributed by atoms with Crippen molar-refractivity contribution in [3.05, 3.63) is 65.0 Å². The van der Waals surface area contributed by atoms with Crippen LogP contribution in [0.4, 0.5) is 11.5 Å². The van der Waals surface area contributed by atoms with Gasteiger partial charge in [-0.1, -0.05) is 17.3 Å². The molecule has 5 rings (SSSR count). The van der Waals surface area contributed by atoms with Crippen LogP contribution in [0.5, 0.6) is 5.75 Å². The first-order valence-corrected chi connectivity index (χ1v) is 12.6. The van der Waals surface area contributed by atoms with E-state index in [1.54, 1.807) is 4.68 Å². The fraction of sp³-hybridized carbons (Fsp3) is 0.273. The van der Waals surface area contributed by atoms with Crippen molar-refractivity contribution in [1.29, 1.82) is 0 Å². The van der Waals surface area contributed by atoms with Crippen molar-refractivity contribution < 1.29 is 18.1 Å². The molecule has 36 heavy (non-hydrogen) atoms. The standard InChI is InChI=1S/C22H22N8O5S/c1-2-35-17-9-7-16(8-10-17)29-22-20(25-26-29)21(23-15-24-22)27-11-13-28(14-12-27)36(33,34)19-6-4-3-5-18(19)30(31)32/h3-10,15H,2,11-14H2,1H3. The maximum Gasteiger partial charge on any atom is 0.289 e. The van der Waals surface area contributed by atoms with Crippen LogP contribution in [-0.2, 0) is 10.0 Å². The lowest BCUT2D eigenvalue weighted by atomic mass is 10.3. The van der Waals surface area contributed by atoms with E-state index in [2.05, 4.69) is 20.3 Å². The number of piperazine rings is 1. The molecule has 3 heterocycles. The van der Waals surface area contributed by atoms with Crippen LogP contribution in [-0.4, -0.2) is 75.4 Å². The number of hydrogen-bond donors (Lipinski definition) is 0. The molecule has 14 heteroatoms. The number of rotatable bonds is 7. The molecule has 0 atom stereocenters. The van der Waals surface area contributed by atoms with E-state index in [0.29, 0.717) is 36.7 Å². The first-order chi connectivity index (χ1) is 17.4. The molecule has 2 aromatic carbocycles. The van der Waals surface area contributed by atoms with Crippen LogP contribution in [0.25, 0.3) is 16.9 Å². The van der Waals surface area contributed by atoms with Gasteiger partial charge in [-0.15, -0.1) is 5.10 Å². The Hall–Kier alpha value is -4.17. The predicted octanol–water partition coefficient (Wildman–Crippen LogP) is 2.03. The number of sulfonamides is 1. The number of fused-ring (bicyclic) bond motifs is 1. The molecule has 0 bridgehead atoms. The number of para-hydroxylation sites is 1. The molecule has 0 N–H and O–H groups in total. The molecule has 13 nitrogen and oxygen atoms in total. The summed E-state index contributed by atoms with van der Waals surface area (Å²) < 4.78 is 34.6. The van der Waals surface area contributed by atoms with E-state index in [-0.39, 0.29) is 18.0 Å². The summed E-state index contributed by atoms with van der Waals surface area (Å²) in [6, 6.07) is 12.7. The topological polar surface area (TPSA) is 149 Å². The van der Waals surface area contributed by atoms with Crippen LogP contribution >= 0.6 is 0 Å². The summed E-state index contributed by atoms with van der Waals surface area (Å²) in [5.74, 6) is 1.29. The van der Waals surface area contributed by atoms with Crippen molar-refractivity contribution in [1.82, 2.24) is 29.3 Å². The lowest BCUT2D eigenvalue weighted by molar-refractivity contribution is -0.387. The summed E-state index contributed by atoms with van der Waals surface area (Å²) in [6.07, 6.45) is 1.42. The van der Waals surface area contributed by atoms with E-state index in [9.17, 15) is 18.5 Å². The van der Waals surface area contributed by atoms with E-state index >= 15 is 0 Å². The molecular weight excluding hydrogens is 488 g/mol.